The zero-order valence-electron chi connectivity index (χ0n) is 11.0. The minimum absolute atomic E-state index is 0.343. The van der Waals surface area contributed by atoms with E-state index in [1.807, 2.05) is 13.8 Å². The van der Waals surface area contributed by atoms with Gasteiger partial charge in [-0.15, -0.1) is 0 Å². The molecule has 15 heavy (non-hydrogen) atoms. The molecule has 0 aromatic heterocycles. The first-order valence-corrected chi connectivity index (χ1v) is 6.63. The van der Waals surface area contributed by atoms with Gasteiger partial charge in [0, 0.05) is 12.8 Å². The van der Waals surface area contributed by atoms with Gasteiger partial charge < -0.3 is 0 Å². The number of rotatable bonds is 3. The molecule has 1 nitrogen and oxygen atoms in total. The molecule has 90 valence electrons. The summed E-state index contributed by atoms with van der Waals surface area (Å²) in [6, 6.07) is 0. The molecule has 0 saturated heterocycles. The Hall–Kier alpha value is -0.330. The Morgan fingerprint density at radius 1 is 1.07 bits per heavy atom. The number of ketones is 1. The van der Waals surface area contributed by atoms with E-state index in [4.69, 9.17) is 0 Å². The standard InChI is InChI=1S/C9H18.C5H10O/c1-8(2)9-6-4-3-5-7-9;1-3-5(6)4-2/h8-9H,3-7H2,1-2H3;3-4H2,1-2H3. The van der Waals surface area contributed by atoms with E-state index in [1.54, 1.807) is 0 Å². The van der Waals surface area contributed by atoms with Crippen molar-refractivity contribution in [3.8, 4) is 0 Å². The predicted molar refractivity (Wildman–Crippen MR) is 67.0 cm³/mol. The lowest BCUT2D eigenvalue weighted by atomic mass is 9.82. The van der Waals surface area contributed by atoms with Gasteiger partial charge in [-0.3, -0.25) is 4.79 Å². The van der Waals surface area contributed by atoms with Crippen molar-refractivity contribution in [1.82, 2.24) is 0 Å². The van der Waals surface area contributed by atoms with Gasteiger partial charge in [0.2, 0.25) is 0 Å². The summed E-state index contributed by atoms with van der Waals surface area (Å²) >= 11 is 0. The van der Waals surface area contributed by atoms with Crippen molar-refractivity contribution in [3.63, 3.8) is 0 Å². The molecule has 1 fully saturated rings. The summed E-state index contributed by atoms with van der Waals surface area (Å²) < 4.78 is 0. The van der Waals surface area contributed by atoms with Crippen molar-refractivity contribution in [2.24, 2.45) is 11.8 Å². The van der Waals surface area contributed by atoms with Crippen LogP contribution in [0.15, 0.2) is 0 Å². The highest BCUT2D eigenvalue weighted by molar-refractivity contribution is 5.77. The van der Waals surface area contributed by atoms with Gasteiger partial charge in [0.05, 0.1) is 0 Å². The zero-order chi connectivity index (χ0) is 11.7. The van der Waals surface area contributed by atoms with Gasteiger partial charge in [0.1, 0.15) is 5.78 Å². The fourth-order valence-corrected chi connectivity index (χ4v) is 2.05. The van der Waals surface area contributed by atoms with E-state index in [0.717, 1.165) is 11.8 Å². The number of hydrogen-bond donors (Lipinski definition) is 0. The molecule has 0 aromatic rings. The van der Waals surface area contributed by atoms with Crippen molar-refractivity contribution in [2.75, 3.05) is 0 Å². The number of Topliss-reactive ketones (excluding diaryl/α,β-unsaturated/α-hetero) is 1. The van der Waals surface area contributed by atoms with Crippen LogP contribution in [0.2, 0.25) is 0 Å². The Labute approximate surface area is 95.6 Å². The van der Waals surface area contributed by atoms with Gasteiger partial charge in [0.25, 0.3) is 0 Å². The van der Waals surface area contributed by atoms with Crippen LogP contribution in [-0.4, -0.2) is 5.78 Å². The summed E-state index contributed by atoms with van der Waals surface area (Å²) in [5.41, 5.74) is 0. The summed E-state index contributed by atoms with van der Waals surface area (Å²) in [6.45, 7) is 8.48. The number of carbonyl (C=O) groups excluding carboxylic acids is 1. The average Bonchev–Trinajstić information content (AvgIpc) is 2.30. The smallest absolute Gasteiger partial charge is 0.132 e. The minimum atomic E-state index is 0.343. The summed E-state index contributed by atoms with van der Waals surface area (Å²) in [4.78, 5) is 10.2. The SMILES string of the molecule is CC(C)C1CCCCC1.CCC(=O)CC. The lowest BCUT2D eigenvalue weighted by Crippen LogP contribution is -2.12. The highest BCUT2D eigenvalue weighted by Gasteiger charge is 2.15. The van der Waals surface area contributed by atoms with Crippen LogP contribution in [-0.2, 0) is 4.79 Å². The largest absolute Gasteiger partial charge is 0.300 e. The molecule has 1 aliphatic carbocycles. The topological polar surface area (TPSA) is 17.1 Å². The Kier molecular flexibility index (Phi) is 8.74. The van der Waals surface area contributed by atoms with Crippen molar-refractivity contribution >= 4 is 5.78 Å². The Morgan fingerprint density at radius 2 is 1.53 bits per heavy atom. The molecule has 1 saturated carbocycles. The van der Waals surface area contributed by atoms with E-state index in [2.05, 4.69) is 13.8 Å². The fraction of sp³-hybridized carbons (Fsp3) is 0.929. The first-order valence-electron chi connectivity index (χ1n) is 6.63. The van der Waals surface area contributed by atoms with Crippen LogP contribution < -0.4 is 0 Å². The van der Waals surface area contributed by atoms with Crippen LogP contribution in [0.5, 0.6) is 0 Å². The molecule has 0 unspecified atom stereocenters. The van der Waals surface area contributed by atoms with Crippen LogP contribution in [0.4, 0.5) is 0 Å². The number of carbonyl (C=O) groups is 1. The Balaban J connectivity index is 0.000000288. The van der Waals surface area contributed by atoms with E-state index in [-0.39, 0.29) is 0 Å². The molecule has 0 atom stereocenters. The molecular weight excluding hydrogens is 184 g/mol. The van der Waals surface area contributed by atoms with Gasteiger partial charge in [-0.05, 0) is 11.8 Å². The molecule has 1 aliphatic rings. The lowest BCUT2D eigenvalue weighted by Gasteiger charge is -2.24. The summed E-state index contributed by atoms with van der Waals surface area (Å²) in [5, 5.41) is 0. The fourth-order valence-electron chi connectivity index (χ4n) is 2.05. The average molecular weight is 212 g/mol. The summed E-state index contributed by atoms with van der Waals surface area (Å²) in [7, 11) is 0. The monoisotopic (exact) mass is 212 g/mol. The van der Waals surface area contributed by atoms with Gasteiger partial charge in [-0.2, -0.15) is 0 Å². The lowest BCUT2D eigenvalue weighted by molar-refractivity contribution is -0.118. The van der Waals surface area contributed by atoms with Crippen LogP contribution in [0.25, 0.3) is 0 Å². The maximum absolute atomic E-state index is 10.2. The van der Waals surface area contributed by atoms with Crippen molar-refractivity contribution < 1.29 is 4.79 Å². The third kappa shape index (κ3) is 7.58. The van der Waals surface area contributed by atoms with Gasteiger partial charge >= 0.3 is 0 Å². The van der Waals surface area contributed by atoms with E-state index >= 15 is 0 Å². The number of hydrogen-bond acceptors (Lipinski definition) is 1. The molecule has 1 heteroatoms. The third-order valence-electron chi connectivity index (χ3n) is 3.38. The first kappa shape index (κ1) is 14.7. The van der Waals surface area contributed by atoms with Crippen LogP contribution >= 0.6 is 0 Å². The maximum Gasteiger partial charge on any atom is 0.132 e. The molecule has 0 heterocycles. The van der Waals surface area contributed by atoms with E-state index in [1.165, 1.54) is 32.1 Å². The quantitative estimate of drug-likeness (QED) is 0.668. The van der Waals surface area contributed by atoms with E-state index < -0.39 is 0 Å². The third-order valence-corrected chi connectivity index (χ3v) is 3.38. The second-order valence-electron chi connectivity index (χ2n) is 4.89. The molecule has 0 aliphatic heterocycles. The molecule has 0 spiro atoms. The van der Waals surface area contributed by atoms with E-state index in [0.29, 0.717) is 18.6 Å². The Morgan fingerprint density at radius 3 is 1.73 bits per heavy atom. The predicted octanol–water partition coefficient (Wildman–Crippen LogP) is 4.60. The van der Waals surface area contributed by atoms with Crippen LogP contribution in [0, 0.1) is 11.8 Å². The molecule has 0 radical (unpaired) electrons. The molecule has 0 N–H and O–H groups in total. The Bertz CT molecular complexity index is 149. The van der Waals surface area contributed by atoms with Crippen molar-refractivity contribution in [1.29, 1.82) is 0 Å². The van der Waals surface area contributed by atoms with E-state index in [9.17, 15) is 4.79 Å². The molecule has 0 bridgehead atoms. The first-order chi connectivity index (χ1) is 7.11. The normalized spacial score (nSPS) is 17.1. The van der Waals surface area contributed by atoms with Crippen molar-refractivity contribution in [3.05, 3.63) is 0 Å². The van der Waals surface area contributed by atoms with Crippen LogP contribution in [0.3, 0.4) is 0 Å². The maximum atomic E-state index is 10.2. The molecule has 0 amide bonds. The summed E-state index contributed by atoms with van der Waals surface area (Å²) in [5.74, 6) is 2.33. The molecule has 0 aromatic carbocycles. The zero-order valence-corrected chi connectivity index (χ0v) is 11.0. The van der Waals surface area contributed by atoms with Gasteiger partial charge in [0.15, 0.2) is 0 Å². The van der Waals surface area contributed by atoms with Crippen LogP contribution in [0.1, 0.15) is 72.6 Å². The summed E-state index contributed by atoms with van der Waals surface area (Å²) in [6.07, 6.45) is 8.84. The van der Waals surface area contributed by atoms with Gasteiger partial charge in [-0.25, -0.2) is 0 Å². The molecular formula is C14H28O. The highest BCUT2D eigenvalue weighted by Crippen LogP contribution is 2.29. The minimum Gasteiger partial charge on any atom is -0.300 e. The second-order valence-corrected chi connectivity index (χ2v) is 4.89. The molecule has 1 rings (SSSR count). The highest BCUT2D eigenvalue weighted by atomic mass is 16.1. The van der Waals surface area contributed by atoms with Gasteiger partial charge in [-0.1, -0.05) is 59.8 Å². The second kappa shape index (κ2) is 8.94. The van der Waals surface area contributed by atoms with Crippen molar-refractivity contribution in [2.45, 2.75) is 72.6 Å².